The van der Waals surface area contributed by atoms with Gasteiger partial charge in [-0.25, -0.2) is 4.98 Å². The maximum Gasteiger partial charge on any atom is 0.302 e. The highest BCUT2D eigenvalue weighted by molar-refractivity contribution is 9.10. The highest BCUT2D eigenvalue weighted by Gasteiger charge is 2.18. The fourth-order valence-corrected chi connectivity index (χ4v) is 2.51. The second-order valence-corrected chi connectivity index (χ2v) is 6.04. The normalized spacial score (nSPS) is 11.8. The Hall–Kier alpha value is -0.700. The van der Waals surface area contributed by atoms with Gasteiger partial charge in [0.15, 0.2) is 5.82 Å². The monoisotopic (exact) mass is 322 g/mol. The number of hydrogen-bond acceptors (Lipinski definition) is 4. The minimum Gasteiger partial charge on any atom is -0.330 e. The molecule has 0 amide bonds. The van der Waals surface area contributed by atoms with Crippen LogP contribution in [0.3, 0.4) is 0 Å². The number of hydrogen-bond donors (Lipinski definition) is 2. The molecule has 0 fully saturated rings. The molecule has 0 unspecified atom stereocenters. The van der Waals surface area contributed by atoms with Crippen LogP contribution in [0.5, 0.6) is 0 Å². The van der Waals surface area contributed by atoms with Crippen LogP contribution in [0.15, 0.2) is 22.8 Å². The summed E-state index contributed by atoms with van der Waals surface area (Å²) < 4.78 is 27.9. The Kier molecular flexibility index (Phi) is 5.31. The first-order chi connectivity index (χ1) is 7.97. The molecule has 17 heavy (non-hydrogen) atoms. The van der Waals surface area contributed by atoms with Crippen molar-refractivity contribution in [3.8, 4) is 0 Å². The van der Waals surface area contributed by atoms with Gasteiger partial charge in [0.25, 0.3) is 0 Å². The van der Waals surface area contributed by atoms with Gasteiger partial charge in [-0.1, -0.05) is 0 Å². The van der Waals surface area contributed by atoms with Gasteiger partial charge in [0.05, 0.1) is 4.47 Å². The molecule has 0 aromatic carbocycles. The number of halogens is 1. The van der Waals surface area contributed by atoms with Crippen LogP contribution in [0.4, 0.5) is 5.82 Å². The molecule has 1 aromatic rings. The third kappa shape index (κ3) is 4.23. The Labute approximate surface area is 110 Å². The van der Waals surface area contributed by atoms with Gasteiger partial charge in [-0.3, -0.25) is 4.72 Å². The van der Waals surface area contributed by atoms with E-state index in [0.717, 1.165) is 0 Å². The molecule has 1 heterocycles. The van der Waals surface area contributed by atoms with Crippen LogP contribution in [0.2, 0.25) is 0 Å². The maximum atomic E-state index is 11.9. The smallest absolute Gasteiger partial charge is 0.302 e. The summed E-state index contributed by atoms with van der Waals surface area (Å²) in [7, 11) is -2.08. The van der Waals surface area contributed by atoms with E-state index in [4.69, 9.17) is 5.73 Å². The van der Waals surface area contributed by atoms with Crippen molar-refractivity contribution < 1.29 is 8.42 Å². The third-order valence-electron chi connectivity index (χ3n) is 2.07. The van der Waals surface area contributed by atoms with Crippen molar-refractivity contribution >= 4 is 32.0 Å². The number of anilines is 1. The lowest BCUT2D eigenvalue weighted by atomic mass is 10.4. The molecule has 1 aromatic heterocycles. The van der Waals surface area contributed by atoms with Gasteiger partial charge in [0, 0.05) is 19.8 Å². The van der Waals surface area contributed by atoms with Gasteiger partial charge in [0.2, 0.25) is 0 Å². The summed E-state index contributed by atoms with van der Waals surface area (Å²) in [6.45, 7) is 0.823. The molecule has 1 rings (SSSR count). The Balaban J connectivity index is 2.76. The number of rotatable bonds is 6. The molecule has 0 radical (unpaired) electrons. The van der Waals surface area contributed by atoms with Gasteiger partial charge in [-0.15, -0.1) is 0 Å². The predicted octanol–water partition coefficient (Wildman–Crippen LogP) is 0.781. The van der Waals surface area contributed by atoms with Crippen molar-refractivity contribution in [3.05, 3.63) is 22.8 Å². The number of pyridine rings is 1. The average molecular weight is 323 g/mol. The Morgan fingerprint density at radius 2 is 2.29 bits per heavy atom. The zero-order chi connectivity index (χ0) is 12.9. The van der Waals surface area contributed by atoms with Gasteiger partial charge >= 0.3 is 10.2 Å². The summed E-state index contributed by atoms with van der Waals surface area (Å²) in [6.07, 6.45) is 2.13. The van der Waals surface area contributed by atoms with Crippen LogP contribution >= 0.6 is 15.9 Å². The number of nitrogens with zero attached hydrogens (tertiary/aromatic N) is 2. The average Bonchev–Trinajstić information content (AvgIpc) is 2.28. The maximum absolute atomic E-state index is 11.9. The minimum absolute atomic E-state index is 0.270. The molecule has 6 nitrogen and oxygen atoms in total. The van der Waals surface area contributed by atoms with Gasteiger partial charge in [-0.2, -0.15) is 12.7 Å². The molecule has 0 aliphatic heterocycles. The van der Waals surface area contributed by atoms with E-state index in [1.807, 2.05) is 0 Å². The van der Waals surface area contributed by atoms with Crippen LogP contribution in [-0.2, 0) is 10.2 Å². The summed E-state index contributed by atoms with van der Waals surface area (Å²) in [4.78, 5) is 3.94. The first-order valence-electron chi connectivity index (χ1n) is 5.02. The topological polar surface area (TPSA) is 88.3 Å². The van der Waals surface area contributed by atoms with E-state index in [0.29, 0.717) is 24.0 Å². The summed E-state index contributed by atoms with van der Waals surface area (Å²) in [5.74, 6) is 0.270. The highest BCUT2D eigenvalue weighted by atomic mass is 79.9. The largest absolute Gasteiger partial charge is 0.330 e. The second kappa shape index (κ2) is 6.29. The van der Waals surface area contributed by atoms with Gasteiger partial charge in [-0.05, 0) is 41.0 Å². The molecule has 0 saturated carbocycles. The van der Waals surface area contributed by atoms with Crippen molar-refractivity contribution in [3.63, 3.8) is 0 Å². The van der Waals surface area contributed by atoms with E-state index >= 15 is 0 Å². The lowest BCUT2D eigenvalue weighted by molar-refractivity contribution is 0.468. The molecule has 8 heteroatoms. The van der Waals surface area contributed by atoms with Crippen LogP contribution in [0.25, 0.3) is 0 Å². The molecular formula is C9H15BrN4O2S. The van der Waals surface area contributed by atoms with Crippen molar-refractivity contribution in [1.82, 2.24) is 9.29 Å². The predicted molar refractivity (Wildman–Crippen MR) is 70.8 cm³/mol. The SMILES string of the molecule is CN(CCCN)S(=O)(=O)Nc1ncccc1Br. The zero-order valence-corrected chi connectivity index (χ0v) is 11.8. The molecule has 0 saturated heterocycles. The lowest BCUT2D eigenvalue weighted by Gasteiger charge is -2.17. The van der Waals surface area contributed by atoms with Crippen LogP contribution in [-0.4, -0.2) is 37.8 Å². The number of aromatic nitrogens is 1. The van der Waals surface area contributed by atoms with E-state index in [-0.39, 0.29) is 5.82 Å². The van der Waals surface area contributed by atoms with E-state index < -0.39 is 10.2 Å². The summed E-state index contributed by atoms with van der Waals surface area (Å²) in [5, 5.41) is 0. The fourth-order valence-electron chi connectivity index (χ4n) is 1.10. The standard InChI is InChI=1S/C9H15BrN4O2S/c1-14(7-3-5-11)17(15,16)13-9-8(10)4-2-6-12-9/h2,4,6H,3,5,7,11H2,1H3,(H,12,13). The molecule has 3 N–H and O–H groups in total. The molecule has 0 atom stereocenters. The summed E-state index contributed by atoms with van der Waals surface area (Å²) in [6, 6.07) is 3.42. The molecule has 0 aliphatic carbocycles. The second-order valence-electron chi connectivity index (χ2n) is 3.40. The third-order valence-corrected chi connectivity index (χ3v) is 4.17. The fraction of sp³-hybridized carbons (Fsp3) is 0.444. The van der Waals surface area contributed by atoms with Crippen molar-refractivity contribution in [2.45, 2.75) is 6.42 Å². The minimum atomic E-state index is -3.57. The summed E-state index contributed by atoms with van der Waals surface area (Å²) in [5.41, 5.74) is 5.34. The molecule has 0 spiro atoms. The Morgan fingerprint density at radius 1 is 1.59 bits per heavy atom. The first kappa shape index (κ1) is 14.4. The molecular weight excluding hydrogens is 308 g/mol. The van der Waals surface area contributed by atoms with Crippen molar-refractivity contribution in [1.29, 1.82) is 0 Å². The molecule has 96 valence electrons. The van der Waals surface area contributed by atoms with E-state index in [2.05, 4.69) is 25.6 Å². The van der Waals surface area contributed by atoms with E-state index in [9.17, 15) is 8.42 Å². The van der Waals surface area contributed by atoms with Gasteiger partial charge < -0.3 is 5.73 Å². The number of nitrogens with two attached hydrogens (primary N) is 1. The van der Waals surface area contributed by atoms with E-state index in [1.165, 1.54) is 17.5 Å². The lowest BCUT2D eigenvalue weighted by Crippen LogP contribution is -2.34. The van der Waals surface area contributed by atoms with Gasteiger partial charge in [0.1, 0.15) is 0 Å². The Morgan fingerprint density at radius 3 is 2.88 bits per heavy atom. The van der Waals surface area contributed by atoms with Crippen molar-refractivity contribution in [2.24, 2.45) is 5.73 Å². The van der Waals surface area contributed by atoms with Crippen LogP contribution in [0.1, 0.15) is 6.42 Å². The first-order valence-corrected chi connectivity index (χ1v) is 7.25. The van der Waals surface area contributed by atoms with E-state index in [1.54, 1.807) is 12.1 Å². The molecule has 0 bridgehead atoms. The van der Waals surface area contributed by atoms with Crippen molar-refractivity contribution in [2.75, 3.05) is 24.9 Å². The highest BCUT2D eigenvalue weighted by Crippen LogP contribution is 2.19. The van der Waals surface area contributed by atoms with Crippen LogP contribution < -0.4 is 10.5 Å². The van der Waals surface area contributed by atoms with Crippen LogP contribution in [0, 0.1) is 0 Å². The number of nitrogens with one attached hydrogen (secondary N) is 1. The Bertz CT molecular complexity index is 466. The summed E-state index contributed by atoms with van der Waals surface area (Å²) >= 11 is 3.22. The zero-order valence-electron chi connectivity index (χ0n) is 9.43. The quantitative estimate of drug-likeness (QED) is 0.810. The molecule has 0 aliphatic rings.